The quantitative estimate of drug-likeness (QED) is 0.0424. The molecular formula is C55H58F4N2O8SSi. The van der Waals surface area contributed by atoms with Crippen LogP contribution in [0, 0.1) is 35.1 Å². The van der Waals surface area contributed by atoms with E-state index in [1.165, 1.54) is 84.9 Å². The predicted octanol–water partition coefficient (Wildman–Crippen LogP) is 12.4. The van der Waals surface area contributed by atoms with Crippen molar-refractivity contribution >= 4 is 41.6 Å². The zero-order chi connectivity index (χ0) is 51.4. The Bertz CT molecular complexity index is 2890. The molecular weight excluding hydrogens is 953 g/mol. The van der Waals surface area contributed by atoms with E-state index in [-0.39, 0.29) is 64.5 Å². The van der Waals surface area contributed by atoms with Gasteiger partial charge in [-0.2, -0.15) is 8.42 Å². The first-order chi connectivity index (χ1) is 33.5. The molecule has 2 amide bonds. The van der Waals surface area contributed by atoms with E-state index in [9.17, 15) is 45.8 Å². The van der Waals surface area contributed by atoms with Gasteiger partial charge in [0.2, 0.25) is 11.8 Å². The van der Waals surface area contributed by atoms with E-state index >= 15 is 0 Å². The van der Waals surface area contributed by atoms with Crippen LogP contribution in [-0.2, 0) is 24.1 Å². The highest BCUT2D eigenvalue weighted by atomic mass is 32.2. The number of carbonyl (C=O) groups is 2. The first-order valence-electron chi connectivity index (χ1n) is 23.3. The maximum atomic E-state index is 13.7. The number of hydrogen-bond acceptors (Lipinski definition) is 8. The molecule has 0 bridgehead atoms. The number of phenols is 1. The molecule has 16 heteroatoms. The van der Waals surface area contributed by atoms with Crippen LogP contribution in [0.1, 0.15) is 93.0 Å². The van der Waals surface area contributed by atoms with Crippen LogP contribution in [0.4, 0.5) is 28.9 Å². The van der Waals surface area contributed by atoms with Gasteiger partial charge in [0.15, 0.2) is 8.32 Å². The Morgan fingerprint density at radius 3 is 1.38 bits per heavy atom. The number of aliphatic hydroxyl groups is 1. The molecule has 2 N–H and O–H groups in total. The van der Waals surface area contributed by atoms with Crippen molar-refractivity contribution < 1.29 is 54.4 Å². The summed E-state index contributed by atoms with van der Waals surface area (Å²) in [5, 5.41) is 20.3. The number of anilines is 2. The third-order valence-corrected chi connectivity index (χ3v) is 18.6. The summed E-state index contributed by atoms with van der Waals surface area (Å²) < 4.78 is 88.3. The van der Waals surface area contributed by atoms with E-state index in [1.54, 1.807) is 58.3 Å². The average Bonchev–Trinajstić information content (AvgIpc) is 3.31. The van der Waals surface area contributed by atoms with Gasteiger partial charge in [-0.05, 0) is 163 Å². The number of benzene rings is 6. The summed E-state index contributed by atoms with van der Waals surface area (Å²) in [4.78, 5) is 29.8. The second-order valence-electron chi connectivity index (χ2n) is 19.6. The number of hydrogen-bond donors (Lipinski definition) is 2. The van der Waals surface area contributed by atoms with Gasteiger partial charge in [-0.3, -0.25) is 9.59 Å². The lowest BCUT2D eigenvalue weighted by atomic mass is 9.78. The van der Waals surface area contributed by atoms with Crippen molar-refractivity contribution in [1.29, 1.82) is 0 Å². The van der Waals surface area contributed by atoms with Gasteiger partial charge >= 0.3 is 10.1 Å². The summed E-state index contributed by atoms with van der Waals surface area (Å²) in [6.45, 7) is 10.9. The molecule has 0 unspecified atom stereocenters. The fourth-order valence-electron chi connectivity index (χ4n) is 8.79. The monoisotopic (exact) mass is 1010 g/mol. The lowest BCUT2D eigenvalue weighted by Gasteiger charge is -2.48. The second-order valence-corrected chi connectivity index (χ2v) is 25.9. The summed E-state index contributed by atoms with van der Waals surface area (Å²) in [6.07, 6.45) is 1.63. The van der Waals surface area contributed by atoms with Crippen LogP contribution in [-0.4, -0.2) is 45.0 Å². The normalized spacial score (nSPS) is 19.0. The van der Waals surface area contributed by atoms with Gasteiger partial charge < -0.3 is 28.6 Å². The fraction of sp³-hybridized carbons (Fsp3) is 0.309. The zero-order valence-electron chi connectivity index (χ0n) is 40.3. The molecule has 8 rings (SSSR count). The van der Waals surface area contributed by atoms with Crippen LogP contribution >= 0.6 is 0 Å². The summed E-state index contributed by atoms with van der Waals surface area (Å²) >= 11 is 0. The second kappa shape index (κ2) is 21.6. The lowest BCUT2D eigenvalue weighted by Crippen LogP contribution is -2.55. The Kier molecular flexibility index (Phi) is 15.9. The van der Waals surface area contributed by atoms with E-state index in [0.717, 1.165) is 22.9 Å². The number of rotatable bonds is 16. The van der Waals surface area contributed by atoms with Crippen molar-refractivity contribution in [2.24, 2.45) is 11.8 Å². The third-order valence-electron chi connectivity index (χ3n) is 13.6. The number of carbonyl (C=O) groups excluding carboxylic acids is 2. The van der Waals surface area contributed by atoms with Crippen molar-refractivity contribution in [2.75, 3.05) is 16.1 Å². The van der Waals surface area contributed by atoms with E-state index in [2.05, 4.69) is 33.9 Å². The Hall–Kier alpha value is -6.33. The maximum absolute atomic E-state index is 13.7. The molecule has 2 heterocycles. The molecule has 6 atom stereocenters. The molecule has 0 aromatic heterocycles. The van der Waals surface area contributed by atoms with Gasteiger partial charge in [0.05, 0.1) is 42.4 Å². The Balaban J connectivity index is 0.000000209. The summed E-state index contributed by atoms with van der Waals surface area (Å²) in [5.41, 5.74) is 4.26. The number of aliphatic hydroxyl groups excluding tert-OH is 1. The molecule has 10 nitrogen and oxygen atoms in total. The van der Waals surface area contributed by atoms with Crippen LogP contribution in [0.2, 0.25) is 18.1 Å². The van der Waals surface area contributed by atoms with Crippen molar-refractivity contribution in [3.05, 3.63) is 191 Å². The van der Waals surface area contributed by atoms with Crippen LogP contribution in [0.5, 0.6) is 11.5 Å². The van der Waals surface area contributed by atoms with Gasteiger partial charge in [-0.15, -0.1) is 0 Å². The maximum Gasteiger partial charge on any atom is 0.306 e. The van der Waals surface area contributed by atoms with Gasteiger partial charge in [0.25, 0.3) is 0 Å². The molecule has 2 saturated heterocycles. The number of phenolic OH excluding ortho intramolecular Hbond substituents is 1. The van der Waals surface area contributed by atoms with Crippen molar-refractivity contribution in [3.63, 3.8) is 0 Å². The van der Waals surface area contributed by atoms with Crippen LogP contribution in [0.3, 0.4) is 0 Å². The van der Waals surface area contributed by atoms with Crippen LogP contribution < -0.4 is 14.0 Å². The average molecular weight is 1010 g/mol. The molecule has 374 valence electrons. The number of aromatic hydroxyl groups is 1. The Morgan fingerprint density at radius 1 is 0.592 bits per heavy atom. The van der Waals surface area contributed by atoms with E-state index < -0.39 is 48.1 Å². The van der Waals surface area contributed by atoms with Crippen LogP contribution in [0.25, 0.3) is 0 Å². The van der Waals surface area contributed by atoms with E-state index in [4.69, 9.17) is 8.61 Å². The van der Waals surface area contributed by atoms with E-state index in [1.807, 2.05) is 12.1 Å². The molecule has 6 aromatic rings. The lowest BCUT2D eigenvalue weighted by molar-refractivity contribution is -0.131. The third kappa shape index (κ3) is 12.6. The van der Waals surface area contributed by atoms with Gasteiger partial charge in [-0.1, -0.05) is 69.3 Å². The number of amides is 2. The van der Waals surface area contributed by atoms with Crippen molar-refractivity contribution in [3.8, 4) is 11.5 Å². The largest absolute Gasteiger partial charge is 0.508 e. The van der Waals surface area contributed by atoms with Crippen molar-refractivity contribution in [2.45, 2.75) is 88.9 Å². The molecule has 2 fully saturated rings. The standard InChI is InChI=1S/C30H35F2NO3Si.C25H23F2NO5S/c1-30(2,3)37(4,5)36-27(20-6-10-22(31)11-7-20)19-18-26-28(21-8-16-25(34)17-9-21)33(29(26)35)24-14-12-23(32)13-15-24;1-34(31,32)33-21-12-4-17(5-13-21)24-22(14-15-23(29)16-2-6-18(26)7-3-16)25(30)28(24)20-10-8-19(27)9-11-20/h6-17,26-28,34H,18-19H2,1-5H3;2-13,22-24,29H,14-15H2,1H3/t26-,27-,28-;22-,23+,24-/m11/s1. The van der Waals surface area contributed by atoms with Gasteiger partial charge in [0, 0.05) is 11.4 Å². The number of nitrogens with zero attached hydrogens (tertiary/aromatic N) is 2. The number of halogens is 4. The summed E-state index contributed by atoms with van der Waals surface area (Å²) in [6, 6.07) is 36.0. The van der Waals surface area contributed by atoms with Gasteiger partial charge in [0.1, 0.15) is 34.8 Å². The highest BCUT2D eigenvalue weighted by Crippen LogP contribution is 2.49. The summed E-state index contributed by atoms with van der Waals surface area (Å²) in [7, 11) is -5.83. The summed E-state index contributed by atoms with van der Waals surface area (Å²) in [5.74, 6) is -2.15. The number of β-lactam (4-membered cyclic amide) rings is 2. The molecule has 6 aromatic carbocycles. The minimum absolute atomic E-state index is 0.00841. The smallest absolute Gasteiger partial charge is 0.306 e. The highest BCUT2D eigenvalue weighted by molar-refractivity contribution is 7.86. The van der Waals surface area contributed by atoms with E-state index in [0.29, 0.717) is 36.2 Å². The Labute approximate surface area is 413 Å². The van der Waals surface area contributed by atoms with Gasteiger partial charge in [-0.25, -0.2) is 17.6 Å². The van der Waals surface area contributed by atoms with Crippen LogP contribution in [0.15, 0.2) is 146 Å². The minimum atomic E-state index is -3.68. The first kappa shape index (κ1) is 52.5. The molecule has 0 radical (unpaired) electrons. The first-order valence-corrected chi connectivity index (χ1v) is 28.0. The topological polar surface area (TPSA) is 134 Å². The molecule has 71 heavy (non-hydrogen) atoms. The molecule has 2 aliphatic heterocycles. The predicted molar refractivity (Wildman–Crippen MR) is 268 cm³/mol. The highest BCUT2D eigenvalue weighted by Gasteiger charge is 2.50. The zero-order valence-corrected chi connectivity index (χ0v) is 42.1. The van der Waals surface area contributed by atoms with Crippen molar-refractivity contribution in [1.82, 2.24) is 0 Å². The molecule has 2 aliphatic rings. The molecule has 0 aliphatic carbocycles. The minimum Gasteiger partial charge on any atom is -0.508 e. The molecule has 0 spiro atoms. The fourth-order valence-corrected chi connectivity index (χ4v) is 10.6. The molecule has 0 saturated carbocycles. The SMILES string of the molecule is CC(C)(C)[Si](C)(C)O[C@H](CC[C@H]1C(=O)N(c2ccc(F)cc2)[C@@H]1c1ccc(O)cc1)c1ccc(F)cc1.CS(=O)(=O)Oc1ccc([C@@H]2[C@@H](CC[C@H](O)c3ccc(F)cc3)C(=O)N2c2ccc(F)cc2)cc1. The Morgan fingerprint density at radius 2 is 0.972 bits per heavy atom.